The molecule has 1 heterocycles. The highest BCUT2D eigenvalue weighted by molar-refractivity contribution is 6.05. The van der Waals surface area contributed by atoms with Crippen LogP contribution in [0.4, 0.5) is 14.5 Å². The number of carbonyl (C=O) groups is 5. The van der Waals surface area contributed by atoms with Crippen LogP contribution in [0.5, 0.6) is 5.75 Å². The number of nitrogens with one attached hydrogen (secondary N) is 2. The third-order valence-electron chi connectivity index (χ3n) is 4.87. The number of ether oxygens (including phenoxy) is 2. The number of nitrogens with zero attached hydrogens (tertiary/aromatic N) is 1. The zero-order valence-corrected chi connectivity index (χ0v) is 18.3. The molecule has 1 aliphatic heterocycles. The zero-order chi connectivity index (χ0) is 25.4. The van der Waals surface area contributed by atoms with Gasteiger partial charge in [-0.25, -0.2) is 0 Å². The minimum absolute atomic E-state index is 0.00123. The number of alkyl halides is 2. The zero-order valence-electron chi connectivity index (χ0n) is 18.3. The topological polar surface area (TPSA) is 131 Å². The van der Waals surface area contributed by atoms with Crippen LogP contribution in [-0.2, 0) is 19.1 Å². The largest absolute Gasteiger partial charge is 0.454 e. The molecule has 0 aliphatic carbocycles. The van der Waals surface area contributed by atoms with Crippen molar-refractivity contribution in [3.63, 3.8) is 0 Å². The minimum atomic E-state index is -3.01. The Balaban J connectivity index is 1.38. The van der Waals surface area contributed by atoms with Crippen LogP contribution >= 0.6 is 0 Å². The molecule has 3 rings (SSSR count). The van der Waals surface area contributed by atoms with E-state index < -0.39 is 43.5 Å². The second-order valence-corrected chi connectivity index (χ2v) is 7.32. The molecule has 0 aromatic heterocycles. The molecule has 1 aliphatic rings. The number of hydrogen-bond donors (Lipinski definition) is 2. The highest BCUT2D eigenvalue weighted by Gasteiger charge is 2.22. The van der Waals surface area contributed by atoms with Gasteiger partial charge in [-0.3, -0.25) is 29.3 Å². The van der Waals surface area contributed by atoms with E-state index in [9.17, 15) is 32.8 Å². The number of rotatable bonds is 9. The van der Waals surface area contributed by atoms with E-state index in [1.165, 1.54) is 24.3 Å². The van der Waals surface area contributed by atoms with Crippen molar-refractivity contribution >= 4 is 35.3 Å². The quantitative estimate of drug-likeness (QED) is 0.512. The molecule has 2 N–H and O–H groups in total. The number of halogens is 2. The first-order valence-electron chi connectivity index (χ1n) is 10.5. The fraction of sp³-hybridized carbons (Fsp3) is 0.261. The summed E-state index contributed by atoms with van der Waals surface area (Å²) in [6.07, 6.45) is 1.27. The molecule has 0 saturated carbocycles. The van der Waals surface area contributed by atoms with E-state index >= 15 is 0 Å². The average molecular weight is 489 g/mol. The monoisotopic (exact) mass is 489 g/mol. The number of carbonyl (C=O) groups excluding carboxylic acids is 5. The van der Waals surface area contributed by atoms with Crippen LogP contribution in [0.1, 0.15) is 33.6 Å². The van der Waals surface area contributed by atoms with Crippen molar-refractivity contribution in [3.8, 4) is 5.75 Å². The van der Waals surface area contributed by atoms with Gasteiger partial charge < -0.3 is 19.7 Å². The average Bonchev–Trinajstić information content (AvgIpc) is 3.27. The van der Waals surface area contributed by atoms with E-state index in [4.69, 9.17) is 4.74 Å². The lowest BCUT2D eigenvalue weighted by Gasteiger charge is -2.15. The predicted molar refractivity (Wildman–Crippen MR) is 117 cm³/mol. The molecule has 0 atom stereocenters. The molecule has 0 unspecified atom stereocenters. The molecule has 2 aromatic rings. The van der Waals surface area contributed by atoms with Crippen molar-refractivity contribution in [1.29, 1.82) is 0 Å². The first-order chi connectivity index (χ1) is 16.7. The lowest BCUT2D eigenvalue weighted by molar-refractivity contribution is -0.147. The molecule has 0 radical (unpaired) electrons. The van der Waals surface area contributed by atoms with Gasteiger partial charge in [-0.2, -0.15) is 8.78 Å². The van der Waals surface area contributed by atoms with E-state index in [1.807, 2.05) is 5.32 Å². The standard InChI is InChI=1S/C23H21F2N3O7/c24-23(25)35-17-9-5-15(6-10-17)22(33)27-18(29)13-34-20(31)12-26-21(32)14-3-7-16(8-4-14)28-11-1-2-19(28)30/h3-10,23H,1-2,11-13H2,(H,26,32)(H,27,29,33). The summed E-state index contributed by atoms with van der Waals surface area (Å²) in [7, 11) is 0. The Labute approximate surface area is 198 Å². The Morgan fingerprint density at radius 1 is 0.943 bits per heavy atom. The second-order valence-electron chi connectivity index (χ2n) is 7.32. The molecule has 1 fully saturated rings. The van der Waals surface area contributed by atoms with Crippen LogP contribution in [0.25, 0.3) is 0 Å². The molecule has 0 spiro atoms. The van der Waals surface area contributed by atoms with Gasteiger partial charge >= 0.3 is 12.6 Å². The highest BCUT2D eigenvalue weighted by atomic mass is 19.3. The maximum atomic E-state index is 12.2. The number of hydrogen-bond acceptors (Lipinski definition) is 7. The summed E-state index contributed by atoms with van der Waals surface area (Å²) in [6, 6.07) is 10.9. The third kappa shape index (κ3) is 7.32. The van der Waals surface area contributed by atoms with Gasteiger partial charge in [-0.15, -0.1) is 0 Å². The smallest absolute Gasteiger partial charge is 0.387 e. The van der Waals surface area contributed by atoms with Gasteiger partial charge in [0.2, 0.25) is 5.91 Å². The molecular formula is C23H21F2N3O7. The Bertz CT molecular complexity index is 1110. The van der Waals surface area contributed by atoms with Gasteiger partial charge in [-0.1, -0.05) is 0 Å². The lowest BCUT2D eigenvalue weighted by Crippen LogP contribution is -2.36. The van der Waals surface area contributed by atoms with E-state index in [1.54, 1.807) is 17.0 Å². The van der Waals surface area contributed by atoms with Crippen LogP contribution < -0.4 is 20.3 Å². The van der Waals surface area contributed by atoms with Crippen molar-refractivity contribution in [2.45, 2.75) is 19.5 Å². The van der Waals surface area contributed by atoms with E-state index in [2.05, 4.69) is 10.1 Å². The van der Waals surface area contributed by atoms with Gasteiger partial charge in [0.25, 0.3) is 17.7 Å². The predicted octanol–water partition coefficient (Wildman–Crippen LogP) is 1.64. The Hall–Kier alpha value is -4.35. The van der Waals surface area contributed by atoms with Crippen molar-refractivity contribution < 1.29 is 42.2 Å². The first-order valence-corrected chi connectivity index (χ1v) is 10.5. The van der Waals surface area contributed by atoms with Crippen molar-refractivity contribution in [1.82, 2.24) is 10.6 Å². The van der Waals surface area contributed by atoms with Crippen LogP contribution in [0.2, 0.25) is 0 Å². The summed E-state index contributed by atoms with van der Waals surface area (Å²) in [4.78, 5) is 61.2. The van der Waals surface area contributed by atoms with Gasteiger partial charge in [0, 0.05) is 29.8 Å². The summed E-state index contributed by atoms with van der Waals surface area (Å²) < 4.78 is 33.2. The maximum absolute atomic E-state index is 12.2. The molecule has 35 heavy (non-hydrogen) atoms. The number of amides is 4. The number of benzene rings is 2. The van der Waals surface area contributed by atoms with Crippen LogP contribution in [0.3, 0.4) is 0 Å². The summed E-state index contributed by atoms with van der Waals surface area (Å²) in [5.41, 5.74) is 0.946. The van der Waals surface area contributed by atoms with E-state index in [0.29, 0.717) is 18.7 Å². The summed E-state index contributed by atoms with van der Waals surface area (Å²) in [5.74, 6) is -3.35. The second kappa shape index (κ2) is 11.7. The van der Waals surface area contributed by atoms with Crippen molar-refractivity contribution in [3.05, 3.63) is 59.7 Å². The summed E-state index contributed by atoms with van der Waals surface area (Å²) in [5, 5.41) is 4.32. The Morgan fingerprint density at radius 3 is 2.17 bits per heavy atom. The maximum Gasteiger partial charge on any atom is 0.387 e. The fourth-order valence-electron chi connectivity index (χ4n) is 3.19. The van der Waals surface area contributed by atoms with Gasteiger partial charge in [0.1, 0.15) is 12.3 Å². The minimum Gasteiger partial charge on any atom is -0.454 e. The van der Waals surface area contributed by atoms with Gasteiger partial charge in [-0.05, 0) is 55.0 Å². The molecule has 12 heteroatoms. The Kier molecular flexibility index (Phi) is 8.43. The van der Waals surface area contributed by atoms with E-state index in [-0.39, 0.29) is 22.8 Å². The third-order valence-corrected chi connectivity index (χ3v) is 4.87. The summed E-state index contributed by atoms with van der Waals surface area (Å²) >= 11 is 0. The molecular weight excluding hydrogens is 468 g/mol. The highest BCUT2D eigenvalue weighted by Crippen LogP contribution is 2.21. The van der Waals surface area contributed by atoms with Crippen LogP contribution in [-0.4, -0.2) is 55.9 Å². The fourth-order valence-corrected chi connectivity index (χ4v) is 3.19. The Morgan fingerprint density at radius 2 is 1.57 bits per heavy atom. The van der Waals surface area contributed by atoms with Crippen LogP contribution in [0, 0.1) is 0 Å². The molecule has 0 bridgehead atoms. The molecule has 1 saturated heterocycles. The molecule has 184 valence electrons. The number of esters is 1. The van der Waals surface area contributed by atoms with Gasteiger partial charge in [0.15, 0.2) is 6.61 Å². The van der Waals surface area contributed by atoms with Crippen molar-refractivity contribution in [2.75, 3.05) is 24.6 Å². The number of anilines is 1. The van der Waals surface area contributed by atoms with Gasteiger partial charge in [0.05, 0.1) is 0 Å². The SMILES string of the molecule is O=C(COC(=O)CNC(=O)c1ccc(N2CCCC2=O)cc1)NC(=O)c1ccc(OC(F)F)cc1. The molecule has 2 aromatic carbocycles. The normalized spacial score (nSPS) is 12.9. The summed E-state index contributed by atoms with van der Waals surface area (Å²) in [6.45, 7) is -3.68. The lowest BCUT2D eigenvalue weighted by atomic mass is 10.2. The van der Waals surface area contributed by atoms with Crippen LogP contribution in [0.15, 0.2) is 48.5 Å². The molecule has 10 nitrogen and oxygen atoms in total. The number of imide groups is 1. The van der Waals surface area contributed by atoms with E-state index in [0.717, 1.165) is 18.6 Å². The van der Waals surface area contributed by atoms with Crippen molar-refractivity contribution in [2.24, 2.45) is 0 Å². The molecule has 4 amide bonds. The first kappa shape index (κ1) is 25.3.